The summed E-state index contributed by atoms with van der Waals surface area (Å²) in [6.45, 7) is 1.09. The van der Waals surface area contributed by atoms with Crippen molar-refractivity contribution in [3.8, 4) is 11.5 Å². The van der Waals surface area contributed by atoms with Gasteiger partial charge < -0.3 is 14.9 Å². The van der Waals surface area contributed by atoms with Crippen LogP contribution in [-0.4, -0.2) is 50.7 Å². The molecule has 2 aliphatic heterocycles. The van der Waals surface area contributed by atoms with E-state index in [1.165, 1.54) is 18.4 Å². The first-order valence-corrected chi connectivity index (χ1v) is 10.1. The minimum absolute atomic E-state index is 0.0844. The second kappa shape index (κ2) is 3.97. The Morgan fingerprint density at radius 2 is 2.08 bits per heavy atom. The number of phenolic OH excluding ortho intramolecular Hbond substituents is 1. The van der Waals surface area contributed by atoms with Gasteiger partial charge in [-0.2, -0.15) is 0 Å². The highest BCUT2D eigenvalue weighted by molar-refractivity contribution is 5.90. The van der Waals surface area contributed by atoms with E-state index in [4.69, 9.17) is 4.74 Å². The summed E-state index contributed by atoms with van der Waals surface area (Å²) < 4.78 is 6.10. The van der Waals surface area contributed by atoms with E-state index in [-0.39, 0.29) is 17.1 Å². The largest absolute Gasteiger partial charge is 0.504 e. The summed E-state index contributed by atoms with van der Waals surface area (Å²) in [4.78, 5) is 15.4. The Morgan fingerprint density at radius 1 is 1.23 bits per heavy atom. The van der Waals surface area contributed by atoms with Crippen molar-refractivity contribution in [2.24, 2.45) is 5.92 Å². The van der Waals surface area contributed by atoms with Gasteiger partial charge in [-0.1, -0.05) is 6.07 Å². The topological polar surface area (TPSA) is 69.8 Å². The summed E-state index contributed by atoms with van der Waals surface area (Å²) >= 11 is 0. The Kier molecular flexibility index (Phi) is 2.21. The highest BCUT2D eigenvalue weighted by atomic mass is 16.5. The molecule has 0 amide bonds. The summed E-state index contributed by atoms with van der Waals surface area (Å²) in [5, 5.41) is 22.7. The van der Waals surface area contributed by atoms with Crippen molar-refractivity contribution < 1.29 is 19.7 Å². The average Bonchev–Trinajstić information content (AvgIpc) is 3.50. The number of hydrogen-bond acceptors (Lipinski definition) is 5. The molecule has 1 aromatic rings. The van der Waals surface area contributed by atoms with E-state index in [1.54, 1.807) is 6.07 Å². The van der Waals surface area contributed by atoms with Gasteiger partial charge in [-0.3, -0.25) is 9.69 Å². The van der Waals surface area contributed by atoms with Gasteiger partial charge in [-0.25, -0.2) is 0 Å². The van der Waals surface area contributed by atoms with Gasteiger partial charge in [0.25, 0.3) is 0 Å². The molecule has 2 heterocycles. The Labute approximate surface area is 151 Å². The first-order valence-electron chi connectivity index (χ1n) is 10.1. The van der Waals surface area contributed by atoms with Crippen molar-refractivity contribution in [3.63, 3.8) is 0 Å². The number of nitrogens with zero attached hydrogens (tertiary/aromatic N) is 1. The summed E-state index contributed by atoms with van der Waals surface area (Å²) in [5.41, 5.74) is 0.284. The molecule has 4 fully saturated rings. The van der Waals surface area contributed by atoms with Crippen LogP contribution in [0.2, 0.25) is 0 Å². The predicted octanol–water partition coefficient (Wildman–Crippen LogP) is 1.67. The smallest absolute Gasteiger partial charge is 0.174 e. The molecule has 5 heteroatoms. The van der Waals surface area contributed by atoms with E-state index in [9.17, 15) is 15.0 Å². The van der Waals surface area contributed by atoms with Crippen LogP contribution in [0.5, 0.6) is 11.5 Å². The van der Waals surface area contributed by atoms with Gasteiger partial charge in [-0.05, 0) is 56.1 Å². The zero-order valence-corrected chi connectivity index (χ0v) is 14.7. The lowest BCUT2D eigenvalue weighted by atomic mass is 9.45. The van der Waals surface area contributed by atoms with Gasteiger partial charge in [0, 0.05) is 24.6 Å². The van der Waals surface area contributed by atoms with E-state index in [0.29, 0.717) is 24.6 Å². The number of rotatable bonds is 2. The van der Waals surface area contributed by atoms with Gasteiger partial charge in [0.15, 0.2) is 23.4 Å². The van der Waals surface area contributed by atoms with Crippen LogP contribution in [0.1, 0.15) is 49.7 Å². The average molecular weight is 353 g/mol. The molecule has 1 saturated heterocycles. The highest BCUT2D eigenvalue weighted by Gasteiger charge is 2.86. The van der Waals surface area contributed by atoms with Crippen molar-refractivity contribution in [3.05, 3.63) is 23.3 Å². The van der Waals surface area contributed by atoms with E-state index in [2.05, 4.69) is 4.90 Å². The maximum Gasteiger partial charge on any atom is 0.174 e. The number of carbonyl (C=O) groups is 1. The number of phenols is 1. The Morgan fingerprint density at radius 3 is 2.88 bits per heavy atom. The second-order valence-electron chi connectivity index (χ2n) is 9.50. The lowest BCUT2D eigenvalue weighted by molar-refractivity contribution is -0.169. The van der Waals surface area contributed by atoms with Crippen molar-refractivity contribution in [1.29, 1.82) is 0 Å². The van der Waals surface area contributed by atoms with Gasteiger partial charge in [-0.15, -0.1) is 0 Å². The molecule has 136 valence electrons. The van der Waals surface area contributed by atoms with Crippen molar-refractivity contribution in [2.75, 3.05) is 6.54 Å². The van der Waals surface area contributed by atoms with Crippen molar-refractivity contribution in [1.82, 2.24) is 4.90 Å². The van der Waals surface area contributed by atoms with Crippen LogP contribution in [0.15, 0.2) is 12.1 Å². The van der Waals surface area contributed by atoms with E-state index in [1.807, 2.05) is 6.07 Å². The SMILES string of the molecule is O=C1CC[C@@]2(O)C34Cc5ccc(O)c6c5[C@@]2(CCC3N4CC2CC2)[C@H]1O6. The third-order valence-electron chi connectivity index (χ3n) is 8.63. The van der Waals surface area contributed by atoms with Crippen LogP contribution in [0.3, 0.4) is 0 Å². The number of aromatic hydroxyl groups is 1. The third-order valence-corrected chi connectivity index (χ3v) is 8.63. The van der Waals surface area contributed by atoms with Crippen LogP contribution in [-0.2, 0) is 16.6 Å². The molecule has 1 aromatic carbocycles. The summed E-state index contributed by atoms with van der Waals surface area (Å²) in [6.07, 6.45) is 5.48. The molecule has 7 rings (SSSR count). The molecule has 6 atom stereocenters. The molecule has 0 aromatic heterocycles. The fourth-order valence-electron chi connectivity index (χ4n) is 7.46. The Balaban J connectivity index is 1.51. The molecule has 3 unspecified atom stereocenters. The minimum Gasteiger partial charge on any atom is -0.504 e. The van der Waals surface area contributed by atoms with E-state index >= 15 is 0 Å². The lowest BCUT2D eigenvalue weighted by Crippen LogP contribution is -2.74. The van der Waals surface area contributed by atoms with Crippen LogP contribution >= 0.6 is 0 Å². The van der Waals surface area contributed by atoms with Gasteiger partial charge in [0.2, 0.25) is 0 Å². The Hall–Kier alpha value is -1.59. The number of Topliss-reactive ketones (excluding diaryl/α,β-unsaturated/α-hetero) is 1. The number of aliphatic hydroxyl groups is 1. The fourth-order valence-corrected chi connectivity index (χ4v) is 7.46. The maximum atomic E-state index is 12.8. The molecular weight excluding hydrogens is 330 g/mol. The molecule has 2 bridgehead atoms. The quantitative estimate of drug-likeness (QED) is 0.792. The summed E-state index contributed by atoms with van der Waals surface area (Å²) in [7, 11) is 0. The molecule has 26 heavy (non-hydrogen) atoms. The molecule has 3 saturated carbocycles. The van der Waals surface area contributed by atoms with E-state index < -0.39 is 17.1 Å². The van der Waals surface area contributed by atoms with Crippen LogP contribution in [0.4, 0.5) is 0 Å². The van der Waals surface area contributed by atoms with Gasteiger partial charge in [0.1, 0.15) is 0 Å². The number of hydrogen-bond donors (Lipinski definition) is 2. The van der Waals surface area contributed by atoms with Gasteiger partial charge >= 0.3 is 0 Å². The molecule has 2 spiro atoms. The van der Waals surface area contributed by atoms with Crippen LogP contribution in [0.25, 0.3) is 0 Å². The summed E-state index contributed by atoms with van der Waals surface area (Å²) in [5.74, 6) is 1.43. The molecule has 0 radical (unpaired) electrons. The zero-order chi connectivity index (χ0) is 17.5. The van der Waals surface area contributed by atoms with Crippen molar-refractivity contribution in [2.45, 2.75) is 73.6 Å². The maximum absolute atomic E-state index is 12.8. The standard InChI is InChI=1S/C21H23NO4/c23-13-4-3-12-9-20-15(22(20)10-11-1-2-11)6-7-19-16(12)17(13)26-18(19)14(24)5-8-21(19,20)25/h3-4,11,15,18,23,25H,1-2,5-10H2/t15?,18-,19-,20?,21-,22?/m0/s1. The number of likely N-dealkylation sites (tertiary alicyclic amines) is 1. The lowest BCUT2D eigenvalue weighted by Gasteiger charge is -2.59. The molecule has 6 aliphatic rings. The molecule has 5 nitrogen and oxygen atoms in total. The zero-order valence-electron chi connectivity index (χ0n) is 14.7. The Bertz CT molecular complexity index is 894. The number of benzene rings is 1. The first-order chi connectivity index (χ1) is 12.5. The normalized spacial score (nSPS) is 49.3. The number of ether oxygens (including phenoxy) is 1. The van der Waals surface area contributed by atoms with Crippen LogP contribution < -0.4 is 4.74 Å². The monoisotopic (exact) mass is 353 g/mol. The van der Waals surface area contributed by atoms with Crippen molar-refractivity contribution >= 4 is 5.78 Å². The van der Waals surface area contributed by atoms with Crippen LogP contribution in [0, 0.1) is 5.92 Å². The van der Waals surface area contributed by atoms with E-state index in [0.717, 1.165) is 37.3 Å². The minimum atomic E-state index is -0.928. The summed E-state index contributed by atoms with van der Waals surface area (Å²) in [6, 6.07) is 4.13. The third kappa shape index (κ3) is 1.23. The predicted molar refractivity (Wildman–Crippen MR) is 92.3 cm³/mol. The molecule has 4 aliphatic carbocycles. The molecule has 2 N–H and O–H groups in total. The second-order valence-corrected chi connectivity index (χ2v) is 9.50. The number of ketones is 1. The first kappa shape index (κ1) is 14.5. The van der Waals surface area contributed by atoms with Gasteiger partial charge in [0.05, 0.1) is 16.6 Å². The number of carbonyl (C=O) groups excluding carboxylic acids is 1. The molecular formula is C21H23NO4. The fraction of sp³-hybridized carbons (Fsp3) is 0.667. The highest BCUT2D eigenvalue weighted by Crippen LogP contribution is 2.74.